The summed E-state index contributed by atoms with van der Waals surface area (Å²) < 4.78 is 25.1. The zero-order valence-electron chi connectivity index (χ0n) is 17.8. The van der Waals surface area contributed by atoms with Crippen LogP contribution >= 0.6 is 0 Å². The zero-order chi connectivity index (χ0) is 23.3. The lowest BCUT2D eigenvalue weighted by molar-refractivity contribution is -0.116. The van der Waals surface area contributed by atoms with E-state index in [2.05, 4.69) is 10.3 Å². The Morgan fingerprint density at radius 3 is 2.62 bits per heavy atom. The molecule has 0 saturated carbocycles. The molecule has 3 aromatic rings. The normalized spacial score (nSPS) is 12.2. The van der Waals surface area contributed by atoms with E-state index in [9.17, 15) is 18.0 Å². The van der Waals surface area contributed by atoms with Gasteiger partial charge in [0.25, 0.3) is 5.91 Å². The van der Waals surface area contributed by atoms with Crippen molar-refractivity contribution in [3.05, 3.63) is 78.4 Å². The standard InChI is InChI=1S/C22H25N5O4S/c1-16(17-5-4-8-20(14-17)32(23,30)31)26(2)22(29)18-6-3-7-19(13-18)25-21(28)9-11-27-12-10-24-15-27/h3-8,10,12-16H,9,11H2,1-2H3,(H,25,28)(H2,23,30,31). The first-order valence-corrected chi connectivity index (χ1v) is 11.5. The van der Waals surface area contributed by atoms with Crippen LogP contribution < -0.4 is 10.5 Å². The minimum atomic E-state index is -3.84. The van der Waals surface area contributed by atoms with Gasteiger partial charge in [-0.1, -0.05) is 18.2 Å². The second-order valence-electron chi connectivity index (χ2n) is 7.39. The number of hydrogen-bond acceptors (Lipinski definition) is 5. The van der Waals surface area contributed by atoms with Crippen LogP contribution in [0.5, 0.6) is 0 Å². The van der Waals surface area contributed by atoms with Gasteiger partial charge in [0.2, 0.25) is 15.9 Å². The molecule has 2 aromatic carbocycles. The topological polar surface area (TPSA) is 127 Å². The molecule has 3 rings (SSSR count). The third-order valence-electron chi connectivity index (χ3n) is 5.12. The zero-order valence-corrected chi connectivity index (χ0v) is 18.6. The summed E-state index contributed by atoms with van der Waals surface area (Å²) in [5.74, 6) is -0.446. The lowest BCUT2D eigenvalue weighted by atomic mass is 10.1. The number of anilines is 1. The van der Waals surface area contributed by atoms with E-state index < -0.39 is 16.1 Å². The number of aryl methyl sites for hydroxylation is 1. The Labute approximate surface area is 186 Å². The van der Waals surface area contributed by atoms with Gasteiger partial charge in [-0.2, -0.15) is 0 Å². The molecule has 1 unspecified atom stereocenters. The maximum absolute atomic E-state index is 13.0. The van der Waals surface area contributed by atoms with E-state index in [0.29, 0.717) is 23.4 Å². The van der Waals surface area contributed by atoms with Gasteiger partial charge in [-0.3, -0.25) is 9.59 Å². The first-order valence-electron chi connectivity index (χ1n) is 9.91. The molecule has 0 aliphatic heterocycles. The molecule has 0 fully saturated rings. The predicted molar refractivity (Wildman–Crippen MR) is 120 cm³/mol. The van der Waals surface area contributed by atoms with Gasteiger partial charge in [0, 0.05) is 43.7 Å². The van der Waals surface area contributed by atoms with Crippen molar-refractivity contribution in [3.63, 3.8) is 0 Å². The third kappa shape index (κ3) is 5.80. The summed E-state index contributed by atoms with van der Waals surface area (Å²) in [5, 5.41) is 8.01. The van der Waals surface area contributed by atoms with Gasteiger partial charge < -0.3 is 14.8 Å². The van der Waals surface area contributed by atoms with E-state index in [-0.39, 0.29) is 23.1 Å². The minimum Gasteiger partial charge on any atom is -0.337 e. The summed E-state index contributed by atoms with van der Waals surface area (Å²) in [7, 11) is -2.21. The maximum atomic E-state index is 13.0. The molecule has 0 aliphatic carbocycles. The van der Waals surface area contributed by atoms with Crippen molar-refractivity contribution in [2.24, 2.45) is 5.14 Å². The van der Waals surface area contributed by atoms with Crippen LogP contribution in [0, 0.1) is 0 Å². The number of hydrogen-bond donors (Lipinski definition) is 2. The van der Waals surface area contributed by atoms with E-state index in [1.807, 2.05) is 0 Å². The molecule has 0 saturated heterocycles. The van der Waals surface area contributed by atoms with Crippen LogP contribution in [-0.4, -0.2) is 41.7 Å². The largest absolute Gasteiger partial charge is 0.337 e. The fourth-order valence-corrected chi connectivity index (χ4v) is 3.73. The van der Waals surface area contributed by atoms with Crippen LogP contribution in [0.4, 0.5) is 5.69 Å². The van der Waals surface area contributed by atoms with Gasteiger partial charge in [-0.25, -0.2) is 18.5 Å². The van der Waals surface area contributed by atoms with Crippen LogP contribution in [0.1, 0.15) is 35.3 Å². The molecule has 3 N–H and O–H groups in total. The predicted octanol–water partition coefficient (Wildman–Crippen LogP) is 2.39. The van der Waals surface area contributed by atoms with Crippen molar-refractivity contribution in [2.45, 2.75) is 30.8 Å². The van der Waals surface area contributed by atoms with Crippen molar-refractivity contribution in [3.8, 4) is 0 Å². The SMILES string of the molecule is CC(c1cccc(S(N)(=O)=O)c1)N(C)C(=O)c1cccc(NC(=O)CCn2ccnc2)c1. The monoisotopic (exact) mass is 455 g/mol. The average molecular weight is 456 g/mol. The molecule has 9 nitrogen and oxygen atoms in total. The number of amides is 2. The van der Waals surface area contributed by atoms with Gasteiger partial charge in [0.1, 0.15) is 0 Å². The van der Waals surface area contributed by atoms with E-state index >= 15 is 0 Å². The molecule has 1 heterocycles. The highest BCUT2D eigenvalue weighted by Crippen LogP contribution is 2.23. The molecular weight excluding hydrogens is 430 g/mol. The number of carbonyl (C=O) groups is 2. The molecule has 0 aliphatic rings. The highest BCUT2D eigenvalue weighted by Gasteiger charge is 2.21. The number of carbonyl (C=O) groups excluding carboxylic acids is 2. The minimum absolute atomic E-state index is 0.0110. The molecule has 168 valence electrons. The number of rotatable bonds is 8. The fraction of sp³-hybridized carbons (Fsp3) is 0.227. The number of aromatic nitrogens is 2. The average Bonchev–Trinajstić information content (AvgIpc) is 3.29. The van der Waals surface area contributed by atoms with E-state index in [0.717, 1.165) is 0 Å². The molecule has 2 amide bonds. The summed E-state index contributed by atoms with van der Waals surface area (Å²) in [6.45, 7) is 2.30. The Morgan fingerprint density at radius 1 is 1.19 bits per heavy atom. The highest BCUT2D eigenvalue weighted by atomic mass is 32.2. The van der Waals surface area contributed by atoms with E-state index in [1.54, 1.807) is 73.7 Å². The lowest BCUT2D eigenvalue weighted by Gasteiger charge is -2.26. The summed E-state index contributed by atoms with van der Waals surface area (Å²) in [5.41, 5.74) is 1.55. The van der Waals surface area contributed by atoms with Gasteiger partial charge in [0.15, 0.2) is 0 Å². The van der Waals surface area contributed by atoms with Crippen molar-refractivity contribution in [1.82, 2.24) is 14.5 Å². The number of benzene rings is 2. The summed E-state index contributed by atoms with van der Waals surface area (Å²) in [4.78, 5) is 30.7. The Bertz CT molecular complexity index is 1210. The second-order valence-corrected chi connectivity index (χ2v) is 8.95. The summed E-state index contributed by atoms with van der Waals surface area (Å²) >= 11 is 0. The van der Waals surface area contributed by atoms with Crippen LogP contribution in [0.25, 0.3) is 0 Å². The van der Waals surface area contributed by atoms with Gasteiger partial charge in [-0.05, 0) is 42.8 Å². The van der Waals surface area contributed by atoms with Crippen molar-refractivity contribution < 1.29 is 18.0 Å². The molecule has 0 bridgehead atoms. The maximum Gasteiger partial charge on any atom is 0.254 e. The first kappa shape index (κ1) is 23.2. The second kappa shape index (κ2) is 9.75. The van der Waals surface area contributed by atoms with Crippen molar-refractivity contribution in [2.75, 3.05) is 12.4 Å². The van der Waals surface area contributed by atoms with Crippen LogP contribution in [0.15, 0.2) is 72.1 Å². The van der Waals surface area contributed by atoms with Crippen LogP contribution in [0.2, 0.25) is 0 Å². The number of nitrogens with zero attached hydrogens (tertiary/aromatic N) is 3. The highest BCUT2D eigenvalue weighted by molar-refractivity contribution is 7.89. The number of nitrogens with two attached hydrogens (primary N) is 1. The number of primary sulfonamides is 1. The third-order valence-corrected chi connectivity index (χ3v) is 6.03. The van der Waals surface area contributed by atoms with Crippen molar-refractivity contribution >= 4 is 27.5 Å². The quantitative estimate of drug-likeness (QED) is 0.539. The fourth-order valence-electron chi connectivity index (χ4n) is 3.16. The summed E-state index contributed by atoms with van der Waals surface area (Å²) in [6.07, 6.45) is 5.34. The van der Waals surface area contributed by atoms with Gasteiger partial charge >= 0.3 is 0 Å². The Morgan fingerprint density at radius 2 is 1.94 bits per heavy atom. The smallest absolute Gasteiger partial charge is 0.254 e. The van der Waals surface area contributed by atoms with Gasteiger partial charge in [0.05, 0.1) is 17.3 Å². The number of imidazole rings is 1. The van der Waals surface area contributed by atoms with E-state index in [4.69, 9.17) is 5.14 Å². The molecule has 10 heteroatoms. The van der Waals surface area contributed by atoms with Crippen LogP contribution in [-0.2, 0) is 21.4 Å². The molecular formula is C22H25N5O4S. The molecule has 0 radical (unpaired) electrons. The Kier molecular flexibility index (Phi) is 7.06. The first-order chi connectivity index (χ1) is 15.1. The van der Waals surface area contributed by atoms with Gasteiger partial charge in [-0.15, -0.1) is 0 Å². The molecule has 1 atom stereocenters. The molecule has 0 spiro atoms. The van der Waals surface area contributed by atoms with E-state index in [1.165, 1.54) is 17.0 Å². The van der Waals surface area contributed by atoms with Crippen LogP contribution in [0.3, 0.4) is 0 Å². The Balaban J connectivity index is 1.68. The Hall–Kier alpha value is -3.50. The number of sulfonamides is 1. The van der Waals surface area contributed by atoms with Crippen molar-refractivity contribution in [1.29, 1.82) is 0 Å². The number of nitrogens with one attached hydrogen (secondary N) is 1. The molecule has 32 heavy (non-hydrogen) atoms. The molecule has 1 aromatic heterocycles. The summed E-state index contributed by atoms with van der Waals surface area (Å²) in [6, 6.07) is 12.5. The lowest BCUT2D eigenvalue weighted by Crippen LogP contribution is -2.30.